The molecule has 0 unspecified atom stereocenters. The molecule has 0 amide bonds. The second-order valence-corrected chi connectivity index (χ2v) is 7.17. The van der Waals surface area contributed by atoms with E-state index in [4.69, 9.17) is 22.8 Å². The van der Waals surface area contributed by atoms with Gasteiger partial charge in [-0.1, -0.05) is 26.0 Å². The standard InChI is InChI=1S/C8H20N3PS/c1-4-5-6-11(7-8(2)3)12(9,10)13/h4-5,8H,6-7H2,1-3H3,(H4,9,10,13). The molecule has 13 heavy (non-hydrogen) atoms. The van der Waals surface area contributed by atoms with Gasteiger partial charge in [0.2, 0.25) is 0 Å². The van der Waals surface area contributed by atoms with E-state index in [1.54, 1.807) is 0 Å². The van der Waals surface area contributed by atoms with Crippen molar-refractivity contribution in [2.45, 2.75) is 20.8 Å². The van der Waals surface area contributed by atoms with Gasteiger partial charge in [-0.25, -0.2) is 4.67 Å². The third-order valence-corrected chi connectivity index (χ3v) is 3.47. The van der Waals surface area contributed by atoms with Crippen molar-refractivity contribution >= 4 is 18.3 Å². The fourth-order valence-corrected chi connectivity index (χ4v) is 2.31. The van der Waals surface area contributed by atoms with Gasteiger partial charge in [-0.05, 0) is 24.6 Å². The van der Waals surface area contributed by atoms with E-state index in [1.807, 2.05) is 23.7 Å². The van der Waals surface area contributed by atoms with E-state index in [0.717, 1.165) is 13.1 Å². The maximum absolute atomic E-state index is 5.76. The molecule has 0 saturated carbocycles. The highest BCUT2D eigenvalue weighted by molar-refractivity contribution is 8.11. The largest absolute Gasteiger partial charge is 0.279 e. The number of nitrogens with zero attached hydrogens (tertiary/aromatic N) is 1. The first-order valence-electron chi connectivity index (χ1n) is 4.41. The molecule has 0 atom stereocenters. The lowest BCUT2D eigenvalue weighted by molar-refractivity contribution is 0.423. The molecule has 0 aliphatic rings. The number of hydrogen-bond donors (Lipinski definition) is 2. The van der Waals surface area contributed by atoms with Crippen LogP contribution in [-0.4, -0.2) is 17.8 Å². The molecule has 0 aliphatic carbocycles. The predicted octanol–water partition coefficient (Wildman–Crippen LogP) is 1.66. The number of hydrogen-bond acceptors (Lipinski definition) is 1. The Hall–Kier alpha value is 0.270. The van der Waals surface area contributed by atoms with Gasteiger partial charge >= 0.3 is 0 Å². The molecular formula is C8H20N3PS. The Kier molecular flexibility index (Phi) is 6.01. The molecule has 3 nitrogen and oxygen atoms in total. The minimum absolute atomic E-state index is 0.541. The molecule has 0 aromatic carbocycles. The van der Waals surface area contributed by atoms with Crippen LogP contribution in [0.25, 0.3) is 0 Å². The van der Waals surface area contributed by atoms with Gasteiger partial charge in [0.1, 0.15) is 6.49 Å². The zero-order valence-corrected chi connectivity index (χ0v) is 10.3. The molecule has 0 fully saturated rings. The first kappa shape index (κ1) is 13.3. The fraction of sp³-hybridized carbons (Fsp3) is 0.750. The number of allylic oxidation sites excluding steroid dienone is 1. The van der Waals surface area contributed by atoms with Crippen molar-refractivity contribution in [1.29, 1.82) is 0 Å². The van der Waals surface area contributed by atoms with Gasteiger partial charge in [-0.3, -0.25) is 11.0 Å². The van der Waals surface area contributed by atoms with Crippen LogP contribution < -0.4 is 11.0 Å². The molecule has 0 aromatic heterocycles. The van der Waals surface area contributed by atoms with Crippen molar-refractivity contribution in [2.75, 3.05) is 13.1 Å². The van der Waals surface area contributed by atoms with Gasteiger partial charge < -0.3 is 0 Å². The van der Waals surface area contributed by atoms with Crippen LogP contribution in [0.1, 0.15) is 20.8 Å². The van der Waals surface area contributed by atoms with E-state index >= 15 is 0 Å². The summed E-state index contributed by atoms with van der Waals surface area (Å²) in [7, 11) is 0. The average Bonchev–Trinajstić information content (AvgIpc) is 1.95. The quantitative estimate of drug-likeness (QED) is 0.547. The van der Waals surface area contributed by atoms with E-state index in [1.165, 1.54) is 0 Å². The van der Waals surface area contributed by atoms with Crippen molar-refractivity contribution < 1.29 is 0 Å². The smallest absolute Gasteiger partial charge is 0.135 e. The SMILES string of the molecule is CC=CCN(CC(C)C)P(N)(N)=S. The molecule has 0 heterocycles. The molecule has 0 bridgehead atoms. The number of nitrogens with two attached hydrogens (primary N) is 2. The monoisotopic (exact) mass is 221 g/mol. The second kappa shape index (κ2) is 5.89. The zero-order chi connectivity index (χ0) is 10.5. The van der Waals surface area contributed by atoms with Crippen LogP contribution in [-0.2, 0) is 11.8 Å². The lowest BCUT2D eigenvalue weighted by Crippen LogP contribution is -2.31. The Morgan fingerprint density at radius 3 is 2.31 bits per heavy atom. The van der Waals surface area contributed by atoms with E-state index < -0.39 is 6.49 Å². The molecular weight excluding hydrogens is 201 g/mol. The average molecular weight is 221 g/mol. The Balaban J connectivity index is 4.28. The normalized spacial score (nSPS) is 13.5. The van der Waals surface area contributed by atoms with Crippen LogP contribution in [0, 0.1) is 5.92 Å². The molecule has 4 N–H and O–H groups in total. The molecule has 0 aliphatic heterocycles. The van der Waals surface area contributed by atoms with Gasteiger partial charge in [-0.2, -0.15) is 0 Å². The molecule has 0 spiro atoms. The first-order chi connectivity index (χ1) is 5.88. The summed E-state index contributed by atoms with van der Waals surface area (Å²) in [5.41, 5.74) is 11.5. The van der Waals surface area contributed by atoms with Crippen molar-refractivity contribution in [1.82, 2.24) is 4.67 Å². The van der Waals surface area contributed by atoms with E-state index in [0.29, 0.717) is 5.92 Å². The summed E-state index contributed by atoms with van der Waals surface area (Å²) in [5.74, 6) is 0.541. The zero-order valence-electron chi connectivity index (χ0n) is 8.60. The Morgan fingerprint density at radius 1 is 1.46 bits per heavy atom. The van der Waals surface area contributed by atoms with Gasteiger partial charge in [0, 0.05) is 13.1 Å². The third-order valence-electron chi connectivity index (χ3n) is 1.57. The van der Waals surface area contributed by atoms with Crippen LogP contribution in [0.15, 0.2) is 12.2 Å². The lowest BCUT2D eigenvalue weighted by Gasteiger charge is -2.28. The Bertz CT molecular complexity index is 209. The van der Waals surface area contributed by atoms with Crippen LogP contribution in [0.3, 0.4) is 0 Å². The maximum Gasteiger partial charge on any atom is 0.135 e. The minimum Gasteiger partial charge on any atom is -0.279 e. The van der Waals surface area contributed by atoms with E-state index in [2.05, 4.69) is 13.8 Å². The van der Waals surface area contributed by atoms with Gasteiger partial charge in [0.25, 0.3) is 0 Å². The molecule has 0 aromatic rings. The van der Waals surface area contributed by atoms with Crippen molar-refractivity contribution in [3.8, 4) is 0 Å². The summed E-state index contributed by atoms with van der Waals surface area (Å²) in [6.07, 6.45) is 4.02. The minimum atomic E-state index is -2.24. The number of rotatable bonds is 5. The van der Waals surface area contributed by atoms with Gasteiger partial charge in [-0.15, -0.1) is 0 Å². The highest BCUT2D eigenvalue weighted by Crippen LogP contribution is 2.32. The van der Waals surface area contributed by atoms with Crippen molar-refractivity contribution in [3.05, 3.63) is 12.2 Å². The summed E-state index contributed by atoms with van der Waals surface area (Å²) in [6.45, 7) is 5.63. The van der Waals surface area contributed by atoms with E-state index in [-0.39, 0.29) is 0 Å². The highest BCUT2D eigenvalue weighted by atomic mass is 32.4. The molecule has 0 rings (SSSR count). The summed E-state index contributed by atoms with van der Waals surface area (Å²) >= 11 is 5.10. The summed E-state index contributed by atoms with van der Waals surface area (Å²) < 4.78 is 1.99. The summed E-state index contributed by atoms with van der Waals surface area (Å²) in [4.78, 5) is 0. The highest BCUT2D eigenvalue weighted by Gasteiger charge is 2.15. The molecule has 0 saturated heterocycles. The van der Waals surface area contributed by atoms with Crippen LogP contribution in [0.4, 0.5) is 0 Å². The third kappa shape index (κ3) is 6.36. The fourth-order valence-electron chi connectivity index (χ4n) is 0.978. The molecule has 5 heteroatoms. The molecule has 0 radical (unpaired) electrons. The van der Waals surface area contributed by atoms with E-state index in [9.17, 15) is 0 Å². The van der Waals surface area contributed by atoms with Crippen molar-refractivity contribution in [2.24, 2.45) is 16.9 Å². The maximum atomic E-state index is 5.76. The Morgan fingerprint density at radius 2 is 2.00 bits per heavy atom. The lowest BCUT2D eigenvalue weighted by atomic mass is 10.2. The Labute approximate surface area is 86.3 Å². The second-order valence-electron chi connectivity index (χ2n) is 3.51. The predicted molar refractivity (Wildman–Crippen MR) is 63.9 cm³/mol. The van der Waals surface area contributed by atoms with Crippen LogP contribution in [0.5, 0.6) is 0 Å². The summed E-state index contributed by atoms with van der Waals surface area (Å²) in [6, 6.07) is 0. The topological polar surface area (TPSA) is 55.3 Å². The van der Waals surface area contributed by atoms with Crippen molar-refractivity contribution in [3.63, 3.8) is 0 Å². The molecule has 78 valence electrons. The summed E-state index contributed by atoms with van der Waals surface area (Å²) in [5, 5.41) is 0. The first-order valence-corrected chi connectivity index (χ1v) is 7.31. The van der Waals surface area contributed by atoms with Gasteiger partial charge in [0.05, 0.1) is 0 Å². The van der Waals surface area contributed by atoms with Crippen LogP contribution >= 0.6 is 6.49 Å². The van der Waals surface area contributed by atoms with Crippen LogP contribution in [0.2, 0.25) is 0 Å². The van der Waals surface area contributed by atoms with Gasteiger partial charge in [0.15, 0.2) is 0 Å².